The van der Waals surface area contributed by atoms with Gasteiger partial charge >= 0.3 is 0 Å². The Morgan fingerprint density at radius 1 is 1.38 bits per heavy atom. The maximum atomic E-state index is 4.95. The van der Waals surface area contributed by atoms with E-state index >= 15 is 0 Å². The fraction of sp³-hybridized carbons (Fsp3) is 0.455. The predicted octanol–water partition coefficient (Wildman–Crippen LogP) is 0.574. The predicted molar refractivity (Wildman–Crippen MR) is 70.3 cm³/mol. The van der Waals surface area contributed by atoms with Crippen LogP contribution in [0.4, 0.5) is 0 Å². The van der Waals surface area contributed by atoms with Gasteiger partial charge in [0.15, 0.2) is 5.11 Å². The minimum Gasteiger partial charge on any atom is -0.366 e. The Balaban J connectivity index is 2.14. The first-order chi connectivity index (χ1) is 7.72. The zero-order valence-corrected chi connectivity index (χ0v) is 10.5. The topological polar surface area (TPSA) is 49.0 Å². The highest BCUT2D eigenvalue weighted by molar-refractivity contribution is 7.80. The molecule has 16 heavy (non-hydrogen) atoms. The van der Waals surface area contributed by atoms with Crippen LogP contribution in [-0.4, -0.2) is 30.2 Å². The van der Waals surface area contributed by atoms with Gasteiger partial charge in [0.2, 0.25) is 0 Å². The maximum absolute atomic E-state index is 4.95. The molecule has 0 atom stereocenters. The summed E-state index contributed by atoms with van der Waals surface area (Å²) >= 11 is 4.95. The third kappa shape index (κ3) is 5.04. The zero-order chi connectivity index (χ0) is 11.8. The molecule has 4 nitrogen and oxygen atoms in total. The summed E-state index contributed by atoms with van der Waals surface area (Å²) in [6.07, 6.45) is 0. The average Bonchev–Trinajstić information content (AvgIpc) is 2.28. The lowest BCUT2D eigenvalue weighted by Gasteiger charge is -2.08. The van der Waals surface area contributed by atoms with E-state index in [1.165, 1.54) is 0 Å². The van der Waals surface area contributed by atoms with E-state index in [0.29, 0.717) is 5.11 Å². The van der Waals surface area contributed by atoms with Crippen LogP contribution in [0.5, 0.6) is 0 Å². The standard InChI is InChI=1S/C11H18N4S/c1-9-4-3-5-10(15-9)8-13-6-7-14-11(16)12-2/h3-5,13H,6-8H2,1-2H3,(H2,12,14,16). The van der Waals surface area contributed by atoms with Crippen molar-refractivity contribution in [3.63, 3.8) is 0 Å². The molecule has 0 aliphatic carbocycles. The van der Waals surface area contributed by atoms with E-state index in [2.05, 4.69) is 20.9 Å². The van der Waals surface area contributed by atoms with Crippen molar-refractivity contribution < 1.29 is 0 Å². The molecule has 0 amide bonds. The van der Waals surface area contributed by atoms with Gasteiger partial charge in [0.1, 0.15) is 0 Å². The van der Waals surface area contributed by atoms with E-state index in [9.17, 15) is 0 Å². The van der Waals surface area contributed by atoms with Gasteiger partial charge in [-0.2, -0.15) is 0 Å². The Bertz CT molecular complexity index is 341. The fourth-order valence-corrected chi connectivity index (χ4v) is 1.37. The number of aryl methyl sites for hydroxylation is 1. The Kier molecular flexibility index (Phi) is 5.74. The molecule has 0 aliphatic heterocycles. The first kappa shape index (κ1) is 12.9. The minimum atomic E-state index is 0.676. The number of nitrogens with one attached hydrogen (secondary N) is 3. The number of aromatic nitrogens is 1. The zero-order valence-electron chi connectivity index (χ0n) is 9.71. The molecule has 1 rings (SSSR count). The number of pyridine rings is 1. The Labute approximate surface area is 102 Å². The molecule has 5 heteroatoms. The molecule has 0 radical (unpaired) electrons. The summed E-state index contributed by atoms with van der Waals surface area (Å²) in [4.78, 5) is 4.40. The van der Waals surface area contributed by atoms with Crippen LogP contribution in [0.15, 0.2) is 18.2 Å². The molecule has 0 aliphatic rings. The van der Waals surface area contributed by atoms with E-state index in [0.717, 1.165) is 31.0 Å². The molecule has 0 bridgehead atoms. The van der Waals surface area contributed by atoms with Crippen LogP contribution in [0.1, 0.15) is 11.4 Å². The van der Waals surface area contributed by atoms with Crippen LogP contribution >= 0.6 is 12.2 Å². The highest BCUT2D eigenvalue weighted by Gasteiger charge is 1.94. The highest BCUT2D eigenvalue weighted by atomic mass is 32.1. The van der Waals surface area contributed by atoms with Crippen LogP contribution in [0.25, 0.3) is 0 Å². The van der Waals surface area contributed by atoms with Gasteiger partial charge in [-0.1, -0.05) is 6.07 Å². The summed E-state index contributed by atoms with van der Waals surface area (Å²) in [5.41, 5.74) is 2.12. The monoisotopic (exact) mass is 238 g/mol. The van der Waals surface area contributed by atoms with Crippen molar-refractivity contribution in [3.05, 3.63) is 29.6 Å². The lowest BCUT2D eigenvalue weighted by atomic mass is 10.3. The first-order valence-electron chi connectivity index (χ1n) is 5.31. The second kappa shape index (κ2) is 7.14. The summed E-state index contributed by atoms with van der Waals surface area (Å²) in [7, 11) is 1.80. The third-order valence-electron chi connectivity index (χ3n) is 2.07. The molecule has 3 N–H and O–H groups in total. The molecular formula is C11H18N4S. The van der Waals surface area contributed by atoms with Crippen molar-refractivity contribution in [2.24, 2.45) is 0 Å². The normalized spacial score (nSPS) is 9.88. The summed E-state index contributed by atoms with van der Waals surface area (Å²) in [6.45, 7) is 4.45. The van der Waals surface area contributed by atoms with Gasteiger partial charge in [0.05, 0.1) is 5.69 Å². The lowest BCUT2D eigenvalue weighted by Crippen LogP contribution is -2.37. The van der Waals surface area contributed by atoms with Crippen molar-refractivity contribution in [3.8, 4) is 0 Å². The van der Waals surface area contributed by atoms with Gasteiger partial charge < -0.3 is 16.0 Å². The molecule has 0 aromatic carbocycles. The molecule has 1 heterocycles. The third-order valence-corrected chi connectivity index (χ3v) is 2.41. The van der Waals surface area contributed by atoms with E-state index < -0.39 is 0 Å². The van der Waals surface area contributed by atoms with Crippen molar-refractivity contribution in [1.82, 2.24) is 20.9 Å². The molecule has 88 valence electrons. The Morgan fingerprint density at radius 2 is 2.19 bits per heavy atom. The molecule has 0 spiro atoms. The molecule has 0 saturated heterocycles. The number of rotatable bonds is 5. The number of hydrogen-bond acceptors (Lipinski definition) is 3. The smallest absolute Gasteiger partial charge is 0.166 e. The average molecular weight is 238 g/mol. The first-order valence-corrected chi connectivity index (χ1v) is 5.72. The number of thiocarbonyl (C=S) groups is 1. The lowest BCUT2D eigenvalue weighted by molar-refractivity contribution is 0.659. The summed E-state index contributed by atoms with van der Waals surface area (Å²) in [6, 6.07) is 6.04. The summed E-state index contributed by atoms with van der Waals surface area (Å²) < 4.78 is 0. The maximum Gasteiger partial charge on any atom is 0.166 e. The quantitative estimate of drug-likeness (QED) is 0.517. The van der Waals surface area contributed by atoms with Gasteiger partial charge in [-0.15, -0.1) is 0 Å². The van der Waals surface area contributed by atoms with Crippen LogP contribution in [0.3, 0.4) is 0 Å². The van der Waals surface area contributed by atoms with Gasteiger partial charge in [-0.3, -0.25) is 4.98 Å². The number of nitrogens with zero attached hydrogens (tertiary/aromatic N) is 1. The Morgan fingerprint density at radius 3 is 2.88 bits per heavy atom. The van der Waals surface area contributed by atoms with Crippen molar-refractivity contribution >= 4 is 17.3 Å². The minimum absolute atomic E-state index is 0.676. The second-order valence-corrected chi connectivity index (χ2v) is 3.86. The summed E-state index contributed by atoms with van der Waals surface area (Å²) in [5.74, 6) is 0. The SMILES string of the molecule is CNC(=S)NCCNCc1cccc(C)n1. The second-order valence-electron chi connectivity index (χ2n) is 3.45. The fourth-order valence-electron chi connectivity index (χ4n) is 1.27. The van der Waals surface area contributed by atoms with Crippen molar-refractivity contribution in [1.29, 1.82) is 0 Å². The van der Waals surface area contributed by atoms with Gasteiger partial charge in [0.25, 0.3) is 0 Å². The van der Waals surface area contributed by atoms with Crippen LogP contribution in [0.2, 0.25) is 0 Å². The van der Waals surface area contributed by atoms with E-state index in [1.54, 1.807) is 7.05 Å². The molecule has 0 saturated carbocycles. The van der Waals surface area contributed by atoms with Crippen LogP contribution in [0, 0.1) is 6.92 Å². The van der Waals surface area contributed by atoms with Gasteiger partial charge in [0, 0.05) is 32.4 Å². The molecular weight excluding hydrogens is 220 g/mol. The van der Waals surface area contributed by atoms with E-state index in [1.807, 2.05) is 25.1 Å². The molecule has 0 unspecified atom stereocenters. The van der Waals surface area contributed by atoms with Crippen LogP contribution in [-0.2, 0) is 6.54 Å². The number of hydrogen-bond donors (Lipinski definition) is 3. The van der Waals surface area contributed by atoms with Gasteiger partial charge in [-0.25, -0.2) is 0 Å². The largest absolute Gasteiger partial charge is 0.366 e. The van der Waals surface area contributed by atoms with Gasteiger partial charge in [-0.05, 0) is 31.3 Å². The summed E-state index contributed by atoms with van der Waals surface area (Å²) in [5, 5.41) is 9.90. The highest BCUT2D eigenvalue weighted by Crippen LogP contribution is 1.96. The molecule has 1 aromatic heterocycles. The molecule has 0 fully saturated rings. The van der Waals surface area contributed by atoms with Crippen molar-refractivity contribution in [2.45, 2.75) is 13.5 Å². The Hall–Kier alpha value is -1.20. The van der Waals surface area contributed by atoms with Crippen LogP contribution < -0.4 is 16.0 Å². The van der Waals surface area contributed by atoms with E-state index in [-0.39, 0.29) is 0 Å². The van der Waals surface area contributed by atoms with Crippen molar-refractivity contribution in [2.75, 3.05) is 20.1 Å². The molecule has 1 aromatic rings. The van der Waals surface area contributed by atoms with E-state index in [4.69, 9.17) is 12.2 Å².